The average molecular weight is 268 g/mol. The molecule has 102 valence electrons. The molecule has 0 fully saturated rings. The van der Waals surface area contributed by atoms with E-state index < -0.39 is 17.7 Å². The SMILES string of the molecule is CC(C(=O)C(=O)O)c1ccc(Cc2ccccc2)cc1. The lowest BCUT2D eigenvalue weighted by Crippen LogP contribution is -2.19. The molecule has 0 aliphatic heterocycles. The molecule has 0 radical (unpaired) electrons. The van der Waals surface area contributed by atoms with Gasteiger partial charge >= 0.3 is 5.97 Å². The molecule has 0 amide bonds. The molecule has 0 heterocycles. The summed E-state index contributed by atoms with van der Waals surface area (Å²) in [5, 5.41) is 8.71. The van der Waals surface area contributed by atoms with E-state index in [0.29, 0.717) is 0 Å². The van der Waals surface area contributed by atoms with Crippen LogP contribution in [0.5, 0.6) is 0 Å². The lowest BCUT2D eigenvalue weighted by Gasteiger charge is -2.09. The number of carboxylic acid groups (broad SMARTS) is 1. The first kappa shape index (κ1) is 14.0. The van der Waals surface area contributed by atoms with Crippen molar-refractivity contribution < 1.29 is 14.7 Å². The summed E-state index contributed by atoms with van der Waals surface area (Å²) >= 11 is 0. The van der Waals surface area contributed by atoms with Crippen LogP contribution in [0.15, 0.2) is 54.6 Å². The number of rotatable bonds is 5. The van der Waals surface area contributed by atoms with Gasteiger partial charge in [0.1, 0.15) is 0 Å². The molecule has 2 aromatic carbocycles. The normalized spacial score (nSPS) is 11.8. The van der Waals surface area contributed by atoms with Crippen molar-refractivity contribution in [1.82, 2.24) is 0 Å². The number of hydrogen-bond donors (Lipinski definition) is 1. The van der Waals surface area contributed by atoms with Gasteiger partial charge in [-0.3, -0.25) is 4.79 Å². The molecule has 20 heavy (non-hydrogen) atoms. The zero-order valence-electron chi connectivity index (χ0n) is 11.2. The van der Waals surface area contributed by atoms with Gasteiger partial charge in [0.15, 0.2) is 0 Å². The van der Waals surface area contributed by atoms with Gasteiger partial charge in [-0.15, -0.1) is 0 Å². The number of carbonyl (C=O) groups excluding carboxylic acids is 1. The van der Waals surface area contributed by atoms with Crippen molar-refractivity contribution in [2.75, 3.05) is 0 Å². The maximum absolute atomic E-state index is 11.4. The van der Waals surface area contributed by atoms with Gasteiger partial charge < -0.3 is 5.11 Å². The predicted molar refractivity (Wildman–Crippen MR) is 76.7 cm³/mol. The molecule has 2 aromatic rings. The van der Waals surface area contributed by atoms with Crippen molar-refractivity contribution in [3.05, 3.63) is 71.3 Å². The average Bonchev–Trinajstić information content (AvgIpc) is 2.47. The summed E-state index contributed by atoms with van der Waals surface area (Å²) in [4.78, 5) is 22.1. The number of benzene rings is 2. The van der Waals surface area contributed by atoms with Crippen LogP contribution in [0.25, 0.3) is 0 Å². The number of Topliss-reactive ketones (excluding diaryl/α,β-unsaturated/α-hetero) is 1. The number of ketones is 1. The van der Waals surface area contributed by atoms with Crippen molar-refractivity contribution in [2.45, 2.75) is 19.3 Å². The summed E-state index contributed by atoms with van der Waals surface area (Å²) in [7, 11) is 0. The third-order valence-corrected chi connectivity index (χ3v) is 3.33. The molecular formula is C17H16O3. The van der Waals surface area contributed by atoms with E-state index in [0.717, 1.165) is 17.5 Å². The van der Waals surface area contributed by atoms with Crippen LogP contribution in [0.3, 0.4) is 0 Å². The van der Waals surface area contributed by atoms with Crippen LogP contribution >= 0.6 is 0 Å². The topological polar surface area (TPSA) is 54.4 Å². The Morgan fingerprint density at radius 2 is 1.50 bits per heavy atom. The molecule has 0 spiro atoms. The summed E-state index contributed by atoms with van der Waals surface area (Å²) in [6.45, 7) is 1.61. The van der Waals surface area contributed by atoms with Crippen molar-refractivity contribution in [3.63, 3.8) is 0 Å². The summed E-state index contributed by atoms with van der Waals surface area (Å²) in [6.07, 6.45) is 0.822. The molecule has 0 saturated heterocycles. The van der Waals surface area contributed by atoms with Crippen LogP contribution in [0.1, 0.15) is 29.5 Å². The molecule has 2 rings (SSSR count). The van der Waals surface area contributed by atoms with E-state index in [1.54, 1.807) is 6.92 Å². The van der Waals surface area contributed by atoms with Crippen molar-refractivity contribution in [2.24, 2.45) is 0 Å². The highest BCUT2D eigenvalue weighted by Crippen LogP contribution is 2.18. The summed E-state index contributed by atoms with van der Waals surface area (Å²) in [5.41, 5.74) is 3.08. The monoisotopic (exact) mass is 268 g/mol. The molecule has 0 aliphatic rings. The lowest BCUT2D eigenvalue weighted by atomic mass is 9.94. The van der Waals surface area contributed by atoms with Gasteiger partial charge in [-0.1, -0.05) is 61.5 Å². The quantitative estimate of drug-likeness (QED) is 0.848. The second kappa shape index (κ2) is 6.15. The second-order valence-electron chi connectivity index (χ2n) is 4.80. The Morgan fingerprint density at radius 1 is 0.950 bits per heavy atom. The maximum Gasteiger partial charge on any atom is 0.372 e. The van der Waals surface area contributed by atoms with Gasteiger partial charge in [0, 0.05) is 0 Å². The van der Waals surface area contributed by atoms with Crippen LogP contribution in [-0.4, -0.2) is 16.9 Å². The van der Waals surface area contributed by atoms with E-state index in [2.05, 4.69) is 12.1 Å². The van der Waals surface area contributed by atoms with Crippen LogP contribution in [-0.2, 0) is 16.0 Å². The minimum atomic E-state index is -1.38. The van der Waals surface area contributed by atoms with Gasteiger partial charge in [0.2, 0.25) is 5.78 Å². The van der Waals surface area contributed by atoms with Crippen molar-refractivity contribution in [3.8, 4) is 0 Å². The summed E-state index contributed by atoms with van der Waals surface area (Å²) in [5.74, 6) is -2.77. The van der Waals surface area contributed by atoms with E-state index in [1.807, 2.05) is 42.5 Å². The van der Waals surface area contributed by atoms with E-state index >= 15 is 0 Å². The molecular weight excluding hydrogens is 252 g/mol. The van der Waals surface area contributed by atoms with Gasteiger partial charge in [-0.25, -0.2) is 4.79 Å². The minimum absolute atomic E-state index is 0.613. The Bertz CT molecular complexity index is 600. The van der Waals surface area contributed by atoms with E-state index in [-0.39, 0.29) is 0 Å². The van der Waals surface area contributed by atoms with E-state index in [1.165, 1.54) is 5.56 Å². The van der Waals surface area contributed by atoms with Gasteiger partial charge in [-0.2, -0.15) is 0 Å². The van der Waals surface area contributed by atoms with Gasteiger partial charge in [-0.05, 0) is 23.1 Å². The van der Waals surface area contributed by atoms with Crippen LogP contribution in [0, 0.1) is 0 Å². The Hall–Kier alpha value is -2.42. The molecule has 0 bridgehead atoms. The summed E-state index contributed by atoms with van der Waals surface area (Å²) < 4.78 is 0. The minimum Gasteiger partial charge on any atom is -0.475 e. The highest BCUT2D eigenvalue weighted by molar-refractivity contribution is 6.34. The fraction of sp³-hybridized carbons (Fsp3) is 0.176. The zero-order valence-corrected chi connectivity index (χ0v) is 11.2. The molecule has 1 atom stereocenters. The van der Waals surface area contributed by atoms with Crippen LogP contribution in [0.2, 0.25) is 0 Å². The van der Waals surface area contributed by atoms with Crippen LogP contribution in [0.4, 0.5) is 0 Å². The first-order valence-corrected chi connectivity index (χ1v) is 6.48. The smallest absolute Gasteiger partial charge is 0.372 e. The Morgan fingerprint density at radius 3 is 2.05 bits per heavy atom. The Labute approximate surface area is 117 Å². The zero-order chi connectivity index (χ0) is 14.5. The van der Waals surface area contributed by atoms with Crippen molar-refractivity contribution in [1.29, 1.82) is 0 Å². The number of hydrogen-bond acceptors (Lipinski definition) is 2. The highest BCUT2D eigenvalue weighted by atomic mass is 16.4. The molecule has 0 aromatic heterocycles. The van der Waals surface area contributed by atoms with Gasteiger partial charge in [0.05, 0.1) is 5.92 Å². The standard InChI is InChI=1S/C17H16O3/c1-12(16(18)17(19)20)15-9-7-14(8-10-15)11-13-5-3-2-4-6-13/h2-10,12H,11H2,1H3,(H,19,20). The fourth-order valence-corrected chi connectivity index (χ4v) is 2.09. The lowest BCUT2D eigenvalue weighted by molar-refractivity contribution is -0.149. The number of aliphatic carboxylic acids is 1. The molecule has 3 nitrogen and oxygen atoms in total. The summed E-state index contributed by atoms with van der Waals surface area (Å²) in [6, 6.07) is 17.6. The number of carboxylic acids is 1. The van der Waals surface area contributed by atoms with Crippen LogP contribution < -0.4 is 0 Å². The van der Waals surface area contributed by atoms with E-state index in [9.17, 15) is 9.59 Å². The Balaban J connectivity index is 2.10. The fourth-order valence-electron chi connectivity index (χ4n) is 2.09. The largest absolute Gasteiger partial charge is 0.475 e. The number of carbonyl (C=O) groups is 2. The van der Waals surface area contributed by atoms with Crippen molar-refractivity contribution >= 4 is 11.8 Å². The van der Waals surface area contributed by atoms with E-state index in [4.69, 9.17) is 5.11 Å². The first-order valence-electron chi connectivity index (χ1n) is 6.48. The second-order valence-corrected chi connectivity index (χ2v) is 4.80. The Kier molecular flexibility index (Phi) is 4.31. The first-order chi connectivity index (χ1) is 9.58. The highest BCUT2D eigenvalue weighted by Gasteiger charge is 2.21. The molecule has 1 unspecified atom stereocenters. The molecule has 0 saturated carbocycles. The predicted octanol–water partition coefficient (Wildman–Crippen LogP) is 3.03. The third kappa shape index (κ3) is 3.32. The molecule has 1 N–H and O–H groups in total. The van der Waals surface area contributed by atoms with Gasteiger partial charge in [0.25, 0.3) is 0 Å². The molecule has 3 heteroatoms. The third-order valence-electron chi connectivity index (χ3n) is 3.33. The molecule has 0 aliphatic carbocycles. The maximum atomic E-state index is 11.4.